The number of nitrogens with zero attached hydrogens (tertiary/aromatic N) is 2. The van der Waals surface area contributed by atoms with Crippen molar-refractivity contribution in [2.45, 2.75) is 26.8 Å². The second-order valence-electron chi connectivity index (χ2n) is 5.34. The molecule has 0 N–H and O–H groups in total. The third-order valence-corrected chi connectivity index (χ3v) is 2.98. The molecule has 2 aliphatic rings. The van der Waals surface area contributed by atoms with Crippen molar-refractivity contribution in [1.82, 2.24) is 0 Å². The van der Waals surface area contributed by atoms with E-state index >= 15 is 0 Å². The minimum absolute atomic E-state index is 0.248. The molecule has 0 fully saturated rings. The highest BCUT2D eigenvalue weighted by Crippen LogP contribution is 2.33. The average Bonchev–Trinajstić information content (AvgIpc) is 2.41. The normalized spacial score (nSPS) is 31.1. The summed E-state index contributed by atoms with van der Waals surface area (Å²) < 4.78 is 2.06. The van der Waals surface area contributed by atoms with Gasteiger partial charge in [0.05, 0.1) is 5.92 Å². The molecule has 76 valence electrons. The van der Waals surface area contributed by atoms with Crippen molar-refractivity contribution < 1.29 is 4.70 Å². The van der Waals surface area contributed by atoms with Crippen LogP contribution in [-0.2, 0) is 0 Å². The van der Waals surface area contributed by atoms with Crippen molar-refractivity contribution in [2.75, 3.05) is 13.6 Å². The van der Waals surface area contributed by atoms with Crippen molar-refractivity contribution in [3.63, 3.8) is 0 Å². The van der Waals surface area contributed by atoms with Crippen LogP contribution in [0.5, 0.6) is 0 Å². The molecule has 2 rings (SSSR count). The van der Waals surface area contributed by atoms with Gasteiger partial charge in [0.15, 0.2) is 13.6 Å². The fraction of sp³-hybridized carbons (Fsp3) is 0.667. The number of hydrogen-bond acceptors (Lipinski definition) is 1. The Labute approximate surface area is 86.0 Å². The first-order valence-electron chi connectivity index (χ1n) is 5.29. The molecule has 14 heavy (non-hydrogen) atoms. The zero-order chi connectivity index (χ0) is 10.3. The van der Waals surface area contributed by atoms with E-state index in [-0.39, 0.29) is 5.41 Å². The molecule has 0 saturated carbocycles. The zero-order valence-corrected chi connectivity index (χ0v) is 9.49. The van der Waals surface area contributed by atoms with E-state index in [0.717, 1.165) is 6.54 Å². The molecule has 1 aliphatic carbocycles. The molecule has 0 spiro atoms. The Balaban J connectivity index is 2.26. The molecule has 0 aromatic carbocycles. The molecule has 0 saturated heterocycles. The number of allylic oxidation sites excluding steroid dienone is 2. The Kier molecular flexibility index (Phi) is 2.09. The Hall–Kier alpha value is -0.920. The van der Waals surface area contributed by atoms with Crippen molar-refractivity contribution in [2.24, 2.45) is 16.4 Å². The molecule has 2 heteroatoms. The lowest BCUT2D eigenvalue weighted by atomic mass is 9.80. The maximum absolute atomic E-state index is 4.58. The molecule has 1 heterocycles. The second-order valence-corrected chi connectivity index (χ2v) is 5.34. The SMILES string of the molecule is C[N+]1=NC2C=C(C(C)(C)C)C=CC2C1. The molecule has 2 atom stereocenters. The minimum Gasteiger partial charge on any atom is -0.129 e. The smallest absolute Gasteiger partial charge is 0.129 e. The molecule has 0 aromatic heterocycles. The number of fused-ring (bicyclic) bond motifs is 1. The van der Waals surface area contributed by atoms with Gasteiger partial charge in [-0.1, -0.05) is 32.9 Å². The van der Waals surface area contributed by atoms with Gasteiger partial charge in [-0.25, -0.2) is 0 Å². The lowest BCUT2D eigenvalue weighted by Crippen LogP contribution is -2.20. The van der Waals surface area contributed by atoms with Crippen LogP contribution in [0.2, 0.25) is 0 Å². The minimum atomic E-state index is 0.248. The molecule has 0 amide bonds. The summed E-state index contributed by atoms with van der Waals surface area (Å²) in [7, 11) is 2.05. The van der Waals surface area contributed by atoms with Gasteiger partial charge in [0, 0.05) is 0 Å². The molecular formula is C12H19N2+. The van der Waals surface area contributed by atoms with Crippen LogP contribution in [-0.4, -0.2) is 24.3 Å². The summed E-state index contributed by atoms with van der Waals surface area (Å²) in [6.07, 6.45) is 6.92. The van der Waals surface area contributed by atoms with E-state index in [1.807, 2.05) is 0 Å². The number of hydrogen-bond donors (Lipinski definition) is 0. The van der Waals surface area contributed by atoms with Crippen molar-refractivity contribution in [3.8, 4) is 0 Å². The van der Waals surface area contributed by atoms with Crippen LogP contribution in [0.1, 0.15) is 20.8 Å². The van der Waals surface area contributed by atoms with Crippen LogP contribution >= 0.6 is 0 Å². The predicted octanol–water partition coefficient (Wildman–Crippen LogP) is 2.62. The second kappa shape index (κ2) is 3.04. The van der Waals surface area contributed by atoms with Crippen LogP contribution in [0.3, 0.4) is 0 Å². The van der Waals surface area contributed by atoms with Crippen molar-refractivity contribution in [3.05, 3.63) is 23.8 Å². The van der Waals surface area contributed by atoms with Gasteiger partial charge in [-0.3, -0.25) is 0 Å². The van der Waals surface area contributed by atoms with Gasteiger partial charge in [-0.15, -0.1) is 4.70 Å². The Morgan fingerprint density at radius 2 is 2.14 bits per heavy atom. The third kappa shape index (κ3) is 1.66. The first kappa shape index (κ1) is 9.63. The summed E-state index contributed by atoms with van der Waals surface area (Å²) in [6.45, 7) is 7.82. The lowest BCUT2D eigenvalue weighted by Gasteiger charge is -2.24. The highest BCUT2D eigenvalue weighted by atomic mass is 15.3. The van der Waals surface area contributed by atoms with Gasteiger partial charge in [0.1, 0.15) is 6.04 Å². The van der Waals surface area contributed by atoms with E-state index in [9.17, 15) is 0 Å². The standard InChI is InChI=1S/C12H19N2/c1-12(2,3)10-6-5-9-8-14(4)13-11(9)7-10/h5-7,9,11H,8H2,1-4H3/q+1. The van der Waals surface area contributed by atoms with E-state index in [4.69, 9.17) is 0 Å². The van der Waals surface area contributed by atoms with Gasteiger partial charge in [0.2, 0.25) is 0 Å². The highest BCUT2D eigenvalue weighted by molar-refractivity contribution is 5.32. The Bertz CT molecular complexity index is 329. The van der Waals surface area contributed by atoms with E-state index < -0.39 is 0 Å². The van der Waals surface area contributed by atoms with E-state index in [1.165, 1.54) is 5.57 Å². The van der Waals surface area contributed by atoms with Gasteiger partial charge in [-0.2, -0.15) is 0 Å². The molecule has 0 radical (unpaired) electrons. The Morgan fingerprint density at radius 3 is 2.79 bits per heavy atom. The fourth-order valence-electron chi connectivity index (χ4n) is 2.07. The quantitative estimate of drug-likeness (QED) is 0.523. The molecule has 0 bridgehead atoms. The van der Waals surface area contributed by atoms with Crippen LogP contribution in [0.15, 0.2) is 28.9 Å². The summed E-state index contributed by atoms with van der Waals surface area (Å²) >= 11 is 0. The fourth-order valence-corrected chi connectivity index (χ4v) is 2.07. The molecular weight excluding hydrogens is 172 g/mol. The molecule has 2 unspecified atom stereocenters. The monoisotopic (exact) mass is 191 g/mol. The number of rotatable bonds is 0. The van der Waals surface area contributed by atoms with E-state index in [2.05, 4.69) is 55.9 Å². The van der Waals surface area contributed by atoms with Gasteiger partial charge in [0.25, 0.3) is 0 Å². The summed E-state index contributed by atoms with van der Waals surface area (Å²) in [5.74, 6) is 0.603. The maximum Gasteiger partial charge on any atom is 0.176 e. The van der Waals surface area contributed by atoms with Crippen molar-refractivity contribution in [1.29, 1.82) is 0 Å². The largest absolute Gasteiger partial charge is 0.176 e. The third-order valence-electron chi connectivity index (χ3n) is 2.98. The average molecular weight is 191 g/mol. The van der Waals surface area contributed by atoms with Crippen LogP contribution in [0, 0.1) is 11.3 Å². The molecule has 0 aromatic rings. The first-order chi connectivity index (χ1) is 6.47. The maximum atomic E-state index is 4.58. The van der Waals surface area contributed by atoms with E-state index in [1.54, 1.807) is 0 Å². The van der Waals surface area contributed by atoms with Gasteiger partial charge in [-0.05, 0) is 22.2 Å². The summed E-state index contributed by atoms with van der Waals surface area (Å²) in [5.41, 5.74) is 1.66. The molecule has 2 nitrogen and oxygen atoms in total. The summed E-state index contributed by atoms with van der Waals surface area (Å²) in [5, 5.41) is 4.58. The van der Waals surface area contributed by atoms with Crippen LogP contribution in [0.4, 0.5) is 0 Å². The lowest BCUT2D eigenvalue weighted by molar-refractivity contribution is -0.554. The summed E-state index contributed by atoms with van der Waals surface area (Å²) in [6, 6.07) is 0.388. The number of azo groups is 2. The zero-order valence-electron chi connectivity index (χ0n) is 9.49. The highest BCUT2D eigenvalue weighted by Gasteiger charge is 2.34. The van der Waals surface area contributed by atoms with Crippen LogP contribution < -0.4 is 0 Å². The van der Waals surface area contributed by atoms with Crippen molar-refractivity contribution >= 4 is 0 Å². The van der Waals surface area contributed by atoms with Gasteiger partial charge >= 0.3 is 0 Å². The predicted molar refractivity (Wildman–Crippen MR) is 57.4 cm³/mol. The summed E-state index contributed by atoms with van der Waals surface area (Å²) in [4.78, 5) is 0. The van der Waals surface area contributed by atoms with Crippen LogP contribution in [0.25, 0.3) is 0 Å². The first-order valence-corrected chi connectivity index (χ1v) is 5.29. The molecule has 1 aliphatic heterocycles. The van der Waals surface area contributed by atoms with Gasteiger partial charge < -0.3 is 0 Å². The Morgan fingerprint density at radius 1 is 1.43 bits per heavy atom. The van der Waals surface area contributed by atoms with E-state index in [0.29, 0.717) is 12.0 Å². The topological polar surface area (TPSA) is 15.4 Å².